The molecule has 0 unspecified atom stereocenters. The topological polar surface area (TPSA) is 66.4 Å². The van der Waals surface area contributed by atoms with E-state index in [1.165, 1.54) is 0 Å². The number of nitrogens with one attached hydrogen (secondary N) is 1. The molecule has 0 aromatic carbocycles. The number of aliphatic hydroxyl groups excluding tert-OH is 1. The minimum absolute atomic E-state index is 0.176. The van der Waals surface area contributed by atoms with Gasteiger partial charge in [-0.05, 0) is 36.6 Å². The Bertz CT molecular complexity index is 478. The van der Waals surface area contributed by atoms with Crippen LogP contribution in [0.25, 0.3) is 0 Å². The van der Waals surface area contributed by atoms with E-state index in [-0.39, 0.29) is 23.8 Å². The Morgan fingerprint density at radius 3 is 2.79 bits per heavy atom. The van der Waals surface area contributed by atoms with E-state index in [0.717, 1.165) is 11.3 Å². The third-order valence-corrected chi connectivity index (χ3v) is 5.94. The van der Waals surface area contributed by atoms with Crippen molar-refractivity contribution in [1.82, 2.24) is 4.72 Å². The summed E-state index contributed by atoms with van der Waals surface area (Å²) in [4.78, 5) is 1.04. The summed E-state index contributed by atoms with van der Waals surface area (Å²) in [6.07, 6.45) is 2.64. The van der Waals surface area contributed by atoms with E-state index in [1.807, 2.05) is 24.4 Å². The van der Waals surface area contributed by atoms with Crippen molar-refractivity contribution in [1.29, 1.82) is 0 Å². The van der Waals surface area contributed by atoms with Crippen molar-refractivity contribution in [2.45, 2.75) is 44.8 Å². The van der Waals surface area contributed by atoms with Gasteiger partial charge in [-0.25, -0.2) is 13.1 Å². The van der Waals surface area contributed by atoms with Crippen molar-refractivity contribution in [3.8, 4) is 0 Å². The van der Waals surface area contributed by atoms with E-state index in [9.17, 15) is 13.5 Å². The Hall–Kier alpha value is -0.430. The van der Waals surface area contributed by atoms with E-state index in [1.54, 1.807) is 11.3 Å². The largest absolute Gasteiger partial charge is 0.393 e. The molecule has 19 heavy (non-hydrogen) atoms. The van der Waals surface area contributed by atoms with Crippen molar-refractivity contribution in [2.75, 3.05) is 5.75 Å². The fraction of sp³-hybridized carbons (Fsp3) is 0.692. The van der Waals surface area contributed by atoms with Crippen molar-refractivity contribution in [2.24, 2.45) is 5.92 Å². The van der Waals surface area contributed by atoms with E-state index in [4.69, 9.17) is 0 Å². The van der Waals surface area contributed by atoms with Gasteiger partial charge in [-0.3, -0.25) is 0 Å². The molecule has 0 radical (unpaired) electrons. The summed E-state index contributed by atoms with van der Waals surface area (Å²) in [5, 5.41) is 11.4. The highest BCUT2D eigenvalue weighted by Gasteiger charge is 2.37. The molecule has 2 N–H and O–H groups in total. The smallest absolute Gasteiger partial charge is 0.212 e. The normalized spacial score (nSPS) is 24.9. The maximum atomic E-state index is 12.1. The van der Waals surface area contributed by atoms with E-state index >= 15 is 0 Å². The van der Waals surface area contributed by atoms with Gasteiger partial charge in [0.1, 0.15) is 0 Å². The van der Waals surface area contributed by atoms with Crippen molar-refractivity contribution in [3.63, 3.8) is 0 Å². The second kappa shape index (κ2) is 6.35. The van der Waals surface area contributed by atoms with Crippen LogP contribution in [0, 0.1) is 5.92 Å². The van der Waals surface area contributed by atoms with Crippen LogP contribution >= 0.6 is 11.3 Å². The van der Waals surface area contributed by atoms with Crippen LogP contribution in [0.3, 0.4) is 0 Å². The van der Waals surface area contributed by atoms with E-state index in [2.05, 4.69) is 4.72 Å². The summed E-state index contributed by atoms with van der Waals surface area (Å²) >= 11 is 1.57. The molecule has 1 atom stereocenters. The van der Waals surface area contributed by atoms with Crippen molar-refractivity contribution in [3.05, 3.63) is 22.4 Å². The van der Waals surface area contributed by atoms with Crippen LogP contribution < -0.4 is 4.72 Å². The maximum absolute atomic E-state index is 12.1. The van der Waals surface area contributed by atoms with Crippen LogP contribution in [0.5, 0.6) is 0 Å². The second-order valence-electron chi connectivity index (χ2n) is 5.17. The van der Waals surface area contributed by atoms with E-state index in [0.29, 0.717) is 19.3 Å². The Morgan fingerprint density at radius 1 is 1.53 bits per heavy atom. The molecule has 108 valence electrons. The highest BCUT2D eigenvalue weighted by molar-refractivity contribution is 7.89. The van der Waals surface area contributed by atoms with Crippen molar-refractivity contribution >= 4 is 21.4 Å². The molecule has 6 heteroatoms. The lowest BCUT2D eigenvalue weighted by Gasteiger charge is -2.37. The summed E-state index contributed by atoms with van der Waals surface area (Å²) in [6.45, 7) is 1.98. The molecule has 0 bridgehead atoms. The van der Waals surface area contributed by atoms with Crippen LogP contribution in [0.2, 0.25) is 0 Å². The van der Waals surface area contributed by atoms with Crippen LogP contribution in [0.1, 0.15) is 43.5 Å². The number of hydrogen-bond donors (Lipinski definition) is 2. The van der Waals surface area contributed by atoms with Gasteiger partial charge in [-0.1, -0.05) is 19.4 Å². The molecule has 0 saturated heterocycles. The van der Waals surface area contributed by atoms with Gasteiger partial charge >= 0.3 is 0 Å². The standard InChI is InChI=1S/C13H21NO3S2/c1-2-3-7-19(16,17)14-13(10-8-11(15)9-10)12-5-4-6-18-12/h4-6,10-11,13-15H,2-3,7-9H2,1H3/t10?,11?,13-/m1/s1. The lowest BCUT2D eigenvalue weighted by Crippen LogP contribution is -2.41. The molecule has 0 aliphatic heterocycles. The fourth-order valence-corrected chi connectivity index (χ4v) is 4.78. The van der Waals surface area contributed by atoms with Gasteiger partial charge in [0, 0.05) is 4.88 Å². The first-order valence-corrected chi connectivity index (χ1v) is 9.26. The van der Waals surface area contributed by atoms with Gasteiger partial charge in [0.2, 0.25) is 10.0 Å². The first kappa shape index (κ1) is 15.0. The molecule has 0 spiro atoms. The highest BCUT2D eigenvalue weighted by atomic mass is 32.2. The number of aliphatic hydroxyl groups is 1. The summed E-state index contributed by atoms with van der Waals surface area (Å²) in [7, 11) is -3.23. The number of rotatable bonds is 7. The zero-order valence-electron chi connectivity index (χ0n) is 11.1. The molecule has 2 rings (SSSR count). The van der Waals surface area contributed by atoms with Gasteiger partial charge in [0.25, 0.3) is 0 Å². The predicted octanol–water partition coefficient (Wildman–Crippen LogP) is 2.28. The average molecular weight is 303 g/mol. The first-order chi connectivity index (χ1) is 9.02. The van der Waals surface area contributed by atoms with Gasteiger partial charge in [0.15, 0.2) is 0 Å². The number of sulfonamides is 1. The molecule has 1 aliphatic carbocycles. The molecule has 1 saturated carbocycles. The van der Waals surface area contributed by atoms with Crippen molar-refractivity contribution < 1.29 is 13.5 Å². The molecular weight excluding hydrogens is 282 g/mol. The molecule has 1 aromatic rings. The third-order valence-electron chi connectivity index (χ3n) is 3.54. The monoisotopic (exact) mass is 303 g/mol. The molecule has 1 aliphatic rings. The molecule has 4 nitrogen and oxygen atoms in total. The zero-order valence-corrected chi connectivity index (χ0v) is 12.7. The molecular formula is C13H21NO3S2. The van der Waals surface area contributed by atoms with Crippen LogP contribution in [0.15, 0.2) is 17.5 Å². The Kier molecular flexibility index (Phi) is 5.00. The van der Waals surface area contributed by atoms with Gasteiger partial charge in [-0.2, -0.15) is 0 Å². The zero-order chi connectivity index (χ0) is 13.9. The van der Waals surface area contributed by atoms with Crippen LogP contribution in [0.4, 0.5) is 0 Å². The molecule has 1 heterocycles. The van der Waals surface area contributed by atoms with Gasteiger partial charge < -0.3 is 5.11 Å². The van der Waals surface area contributed by atoms with E-state index < -0.39 is 10.0 Å². The minimum atomic E-state index is -3.23. The average Bonchev–Trinajstić information content (AvgIpc) is 2.84. The molecule has 1 fully saturated rings. The Balaban J connectivity index is 2.06. The number of unbranched alkanes of at least 4 members (excludes halogenated alkanes) is 1. The summed E-state index contributed by atoms with van der Waals surface area (Å²) < 4.78 is 26.9. The molecule has 1 aromatic heterocycles. The minimum Gasteiger partial charge on any atom is -0.393 e. The predicted molar refractivity (Wildman–Crippen MR) is 77.6 cm³/mol. The first-order valence-electron chi connectivity index (χ1n) is 6.73. The Labute approximate surface area is 118 Å². The fourth-order valence-electron chi connectivity index (χ4n) is 2.34. The number of hydrogen-bond acceptors (Lipinski definition) is 4. The third kappa shape index (κ3) is 4.02. The number of thiophene rings is 1. The highest BCUT2D eigenvalue weighted by Crippen LogP contribution is 2.39. The summed E-state index contributed by atoms with van der Waals surface area (Å²) in [5.74, 6) is 0.394. The Morgan fingerprint density at radius 2 is 2.26 bits per heavy atom. The maximum Gasteiger partial charge on any atom is 0.212 e. The summed E-state index contributed by atoms with van der Waals surface area (Å²) in [5.41, 5.74) is 0. The van der Waals surface area contributed by atoms with Gasteiger partial charge in [-0.15, -0.1) is 11.3 Å². The SMILES string of the molecule is CCCCS(=O)(=O)N[C@@H](c1cccs1)C1CC(O)C1. The quantitative estimate of drug-likeness (QED) is 0.812. The lowest BCUT2D eigenvalue weighted by molar-refractivity contribution is 0.0286. The van der Waals surface area contributed by atoms with Gasteiger partial charge in [0.05, 0.1) is 17.9 Å². The molecule has 0 amide bonds. The summed E-state index contributed by atoms with van der Waals surface area (Å²) in [6, 6.07) is 3.72. The second-order valence-corrected chi connectivity index (χ2v) is 8.02. The van der Waals surface area contributed by atoms with Crippen LogP contribution in [-0.4, -0.2) is 25.4 Å². The lowest BCUT2D eigenvalue weighted by atomic mass is 9.77. The van der Waals surface area contributed by atoms with Crippen LogP contribution in [-0.2, 0) is 10.0 Å².